The van der Waals surface area contributed by atoms with Crippen LogP contribution in [0.1, 0.15) is 64.2 Å². The van der Waals surface area contributed by atoms with Crippen LogP contribution in [0.2, 0.25) is 0 Å². The molecule has 0 radical (unpaired) electrons. The van der Waals surface area contributed by atoms with Crippen molar-refractivity contribution < 1.29 is 0 Å². The van der Waals surface area contributed by atoms with Crippen LogP contribution in [0.4, 0.5) is 0 Å². The maximum Gasteiger partial charge on any atom is 0.102 e. The van der Waals surface area contributed by atoms with Crippen LogP contribution in [0.15, 0.2) is 4.99 Å². The van der Waals surface area contributed by atoms with Crippen LogP contribution >= 0.6 is 0 Å². The summed E-state index contributed by atoms with van der Waals surface area (Å²) in [6.45, 7) is 0. The van der Waals surface area contributed by atoms with E-state index < -0.39 is 0 Å². The summed E-state index contributed by atoms with van der Waals surface area (Å²) >= 11 is 0. The third-order valence-corrected chi connectivity index (χ3v) is 4.68. The minimum absolute atomic E-state index is 0.751. The fourth-order valence-electron chi connectivity index (χ4n) is 3.64. The lowest BCUT2D eigenvalue weighted by Crippen LogP contribution is -2.42. The molecule has 17 heavy (non-hydrogen) atoms. The molecule has 0 unspecified atom stereocenters. The van der Waals surface area contributed by atoms with Gasteiger partial charge in [-0.2, -0.15) is 0 Å². The van der Waals surface area contributed by atoms with E-state index in [1.807, 2.05) is 7.05 Å². The molecule has 0 amide bonds. The zero-order chi connectivity index (χ0) is 12.1. The van der Waals surface area contributed by atoms with Crippen LogP contribution in [-0.2, 0) is 0 Å². The molecule has 0 heterocycles. The van der Waals surface area contributed by atoms with Crippen LogP contribution in [0.25, 0.3) is 0 Å². The highest BCUT2D eigenvalue weighted by atomic mass is 15.2. The van der Waals surface area contributed by atoms with E-state index in [2.05, 4.69) is 16.9 Å². The van der Waals surface area contributed by atoms with Gasteiger partial charge in [-0.3, -0.25) is 4.99 Å². The first-order valence-corrected chi connectivity index (χ1v) is 7.52. The van der Waals surface area contributed by atoms with E-state index in [-0.39, 0.29) is 0 Å². The molecule has 0 aromatic heterocycles. The topological polar surface area (TPSA) is 15.6 Å². The molecule has 2 heteroatoms. The van der Waals surface area contributed by atoms with Crippen LogP contribution < -0.4 is 0 Å². The van der Waals surface area contributed by atoms with E-state index in [0.717, 1.165) is 12.0 Å². The third kappa shape index (κ3) is 3.23. The second-order valence-electron chi connectivity index (χ2n) is 5.82. The Labute approximate surface area is 106 Å². The summed E-state index contributed by atoms with van der Waals surface area (Å²) < 4.78 is 0. The predicted molar refractivity (Wildman–Crippen MR) is 74.6 cm³/mol. The first-order chi connectivity index (χ1) is 8.33. The molecule has 0 spiro atoms. The zero-order valence-corrected chi connectivity index (χ0v) is 11.6. The van der Waals surface area contributed by atoms with Gasteiger partial charge in [-0.15, -0.1) is 0 Å². The van der Waals surface area contributed by atoms with Gasteiger partial charge in [-0.25, -0.2) is 0 Å². The molecule has 0 saturated heterocycles. The Morgan fingerprint density at radius 2 is 1.41 bits per heavy atom. The van der Waals surface area contributed by atoms with Gasteiger partial charge in [0.15, 0.2) is 0 Å². The molecule has 0 aliphatic heterocycles. The van der Waals surface area contributed by atoms with Crippen molar-refractivity contribution >= 4 is 5.84 Å². The maximum absolute atomic E-state index is 4.63. The monoisotopic (exact) mass is 236 g/mol. The molecule has 0 bridgehead atoms. The molecule has 2 fully saturated rings. The number of hydrogen-bond acceptors (Lipinski definition) is 1. The number of amidine groups is 1. The van der Waals surface area contributed by atoms with Crippen LogP contribution in [0.5, 0.6) is 0 Å². The Kier molecular flexibility index (Phi) is 4.87. The van der Waals surface area contributed by atoms with Gasteiger partial charge < -0.3 is 4.90 Å². The smallest absolute Gasteiger partial charge is 0.102 e. The molecular weight excluding hydrogens is 208 g/mol. The largest absolute Gasteiger partial charge is 0.360 e. The summed E-state index contributed by atoms with van der Waals surface area (Å²) in [5.41, 5.74) is 0. The lowest BCUT2D eigenvalue weighted by molar-refractivity contribution is 0.260. The zero-order valence-electron chi connectivity index (χ0n) is 11.6. The highest BCUT2D eigenvalue weighted by molar-refractivity contribution is 5.84. The van der Waals surface area contributed by atoms with Gasteiger partial charge in [0, 0.05) is 26.1 Å². The average Bonchev–Trinajstić information content (AvgIpc) is 2.42. The fraction of sp³-hybridized carbons (Fsp3) is 0.933. The number of aliphatic imine (C=N–C) groups is 1. The summed E-state index contributed by atoms with van der Waals surface area (Å²) in [5.74, 6) is 2.15. The highest BCUT2D eigenvalue weighted by Gasteiger charge is 2.26. The van der Waals surface area contributed by atoms with Crippen molar-refractivity contribution in [2.24, 2.45) is 10.9 Å². The first kappa shape index (κ1) is 12.9. The Hall–Kier alpha value is -0.530. The van der Waals surface area contributed by atoms with Crippen LogP contribution in [0.3, 0.4) is 0 Å². The first-order valence-electron chi connectivity index (χ1n) is 7.52. The molecule has 0 atom stereocenters. The summed E-state index contributed by atoms with van der Waals surface area (Å²) in [4.78, 5) is 7.15. The third-order valence-electron chi connectivity index (χ3n) is 4.68. The minimum atomic E-state index is 0.751. The number of hydrogen-bond donors (Lipinski definition) is 0. The SMILES string of the molecule is CN=C(C1CCCCC1)N(C)C1CCCCC1. The lowest BCUT2D eigenvalue weighted by atomic mass is 9.86. The summed E-state index contributed by atoms with van der Waals surface area (Å²) in [7, 11) is 4.27. The molecular formula is C15H28N2. The second-order valence-corrected chi connectivity index (χ2v) is 5.82. The predicted octanol–water partition coefficient (Wildman–Crippen LogP) is 3.86. The van der Waals surface area contributed by atoms with Crippen molar-refractivity contribution in [3.05, 3.63) is 0 Å². The van der Waals surface area contributed by atoms with Gasteiger partial charge >= 0.3 is 0 Å². The lowest BCUT2D eigenvalue weighted by Gasteiger charge is -2.37. The van der Waals surface area contributed by atoms with Gasteiger partial charge in [0.1, 0.15) is 5.84 Å². The molecule has 98 valence electrons. The van der Waals surface area contributed by atoms with Crippen molar-refractivity contribution in [3.8, 4) is 0 Å². The molecule has 2 rings (SSSR count). The van der Waals surface area contributed by atoms with E-state index >= 15 is 0 Å². The Morgan fingerprint density at radius 1 is 0.882 bits per heavy atom. The van der Waals surface area contributed by atoms with E-state index in [1.54, 1.807) is 0 Å². The van der Waals surface area contributed by atoms with Gasteiger partial charge in [-0.1, -0.05) is 38.5 Å². The quantitative estimate of drug-likeness (QED) is 0.525. The number of nitrogens with zero attached hydrogens (tertiary/aromatic N) is 2. The molecule has 0 aromatic carbocycles. The molecule has 2 aliphatic rings. The summed E-state index contributed by atoms with van der Waals surface area (Å²) in [5, 5.41) is 0. The van der Waals surface area contributed by atoms with E-state index in [0.29, 0.717) is 0 Å². The standard InChI is InChI=1S/C15H28N2/c1-16-15(13-9-5-3-6-10-13)17(2)14-11-7-4-8-12-14/h13-14H,3-12H2,1-2H3. The van der Waals surface area contributed by atoms with Gasteiger partial charge in [-0.05, 0) is 25.7 Å². The molecule has 2 saturated carbocycles. The fourth-order valence-corrected chi connectivity index (χ4v) is 3.64. The van der Waals surface area contributed by atoms with Crippen molar-refractivity contribution in [2.75, 3.05) is 14.1 Å². The van der Waals surface area contributed by atoms with Crippen molar-refractivity contribution in [3.63, 3.8) is 0 Å². The van der Waals surface area contributed by atoms with E-state index in [4.69, 9.17) is 0 Å². The second kappa shape index (κ2) is 6.42. The normalized spacial score (nSPS) is 24.9. The van der Waals surface area contributed by atoms with Crippen molar-refractivity contribution in [1.29, 1.82) is 0 Å². The van der Waals surface area contributed by atoms with Gasteiger partial charge in [0.2, 0.25) is 0 Å². The Morgan fingerprint density at radius 3 is 1.94 bits per heavy atom. The minimum Gasteiger partial charge on any atom is -0.360 e. The molecule has 0 N–H and O–H groups in total. The summed E-state index contributed by atoms with van der Waals surface area (Å²) in [6, 6.07) is 0.768. The highest BCUT2D eigenvalue weighted by Crippen LogP contribution is 2.29. The average molecular weight is 236 g/mol. The van der Waals surface area contributed by atoms with Crippen LogP contribution in [0, 0.1) is 5.92 Å². The van der Waals surface area contributed by atoms with Crippen LogP contribution in [-0.4, -0.2) is 30.9 Å². The number of rotatable bonds is 2. The van der Waals surface area contributed by atoms with Gasteiger partial charge in [0.05, 0.1) is 0 Å². The van der Waals surface area contributed by atoms with Crippen molar-refractivity contribution in [2.45, 2.75) is 70.3 Å². The van der Waals surface area contributed by atoms with E-state index in [1.165, 1.54) is 70.0 Å². The van der Waals surface area contributed by atoms with E-state index in [9.17, 15) is 0 Å². The molecule has 2 nitrogen and oxygen atoms in total. The molecule has 0 aromatic rings. The Bertz CT molecular complexity index is 248. The molecule has 2 aliphatic carbocycles. The summed E-state index contributed by atoms with van der Waals surface area (Å²) in [6.07, 6.45) is 14.0. The Balaban J connectivity index is 1.96. The van der Waals surface area contributed by atoms with Crippen molar-refractivity contribution in [1.82, 2.24) is 4.90 Å². The van der Waals surface area contributed by atoms with Gasteiger partial charge in [0.25, 0.3) is 0 Å². The maximum atomic E-state index is 4.63.